The summed E-state index contributed by atoms with van der Waals surface area (Å²) in [6, 6.07) is 7.88. The molecular weight excluding hydrogens is 363 g/mol. The van der Waals surface area contributed by atoms with Crippen LogP contribution in [0.5, 0.6) is 0 Å². The Balaban J connectivity index is 1.63. The molecule has 0 unspecified atom stereocenters. The number of nitrogens with two attached hydrogens (primary N) is 1. The van der Waals surface area contributed by atoms with Crippen molar-refractivity contribution in [2.75, 3.05) is 11.1 Å². The van der Waals surface area contributed by atoms with Crippen molar-refractivity contribution in [2.45, 2.75) is 24.5 Å². The summed E-state index contributed by atoms with van der Waals surface area (Å²) in [6.07, 6.45) is 8.03. The Hall–Kier alpha value is -2.33. The molecule has 1 aliphatic rings. The van der Waals surface area contributed by atoms with Gasteiger partial charge in [0.15, 0.2) is 0 Å². The van der Waals surface area contributed by atoms with Gasteiger partial charge in [0.25, 0.3) is 0 Å². The van der Waals surface area contributed by atoms with Crippen LogP contribution in [0.4, 0.5) is 17.3 Å². The van der Waals surface area contributed by atoms with E-state index in [0.717, 1.165) is 33.4 Å². The van der Waals surface area contributed by atoms with E-state index in [4.69, 9.17) is 5.73 Å². The minimum atomic E-state index is 0.147. The fourth-order valence-electron chi connectivity index (χ4n) is 2.41. The molecule has 2 heterocycles. The summed E-state index contributed by atoms with van der Waals surface area (Å²) in [5, 5.41) is 3.35. The molecule has 1 saturated carbocycles. The standard InChI is InChI=1S/C17H18AsN6/c1-11-2-5-13(19)8-14(11)23-17-20-6-7-24(17)16-9-15(21-10-22-16)18-12-3-4-12/h2,5-10,12H,3-4,19H2,1H3,(H,20,23). The van der Waals surface area contributed by atoms with Crippen LogP contribution in [-0.4, -0.2) is 35.3 Å². The zero-order valence-electron chi connectivity index (χ0n) is 13.3. The Morgan fingerprint density at radius 3 is 2.92 bits per heavy atom. The van der Waals surface area contributed by atoms with Crippen molar-refractivity contribution in [2.24, 2.45) is 0 Å². The van der Waals surface area contributed by atoms with Crippen LogP contribution < -0.4 is 15.5 Å². The number of nitrogens with one attached hydrogen (secondary N) is 1. The molecule has 1 aliphatic carbocycles. The molecule has 6 nitrogen and oxygen atoms in total. The van der Waals surface area contributed by atoms with Crippen molar-refractivity contribution < 1.29 is 0 Å². The topological polar surface area (TPSA) is 81.6 Å². The second kappa shape index (κ2) is 6.28. The molecular formula is C17H18AsN6. The molecule has 7 heteroatoms. The van der Waals surface area contributed by atoms with E-state index >= 15 is 0 Å². The molecule has 0 saturated heterocycles. The third-order valence-electron chi connectivity index (χ3n) is 3.90. The molecule has 1 radical (unpaired) electrons. The van der Waals surface area contributed by atoms with E-state index < -0.39 is 0 Å². The van der Waals surface area contributed by atoms with Gasteiger partial charge in [0.1, 0.15) is 0 Å². The molecule has 0 amide bonds. The van der Waals surface area contributed by atoms with Gasteiger partial charge in [-0.1, -0.05) is 0 Å². The van der Waals surface area contributed by atoms with E-state index in [-0.39, 0.29) is 15.8 Å². The normalized spacial score (nSPS) is 14.4. The summed E-state index contributed by atoms with van der Waals surface area (Å²) in [4.78, 5) is 13.3. The monoisotopic (exact) mass is 381 g/mol. The molecule has 121 valence electrons. The summed E-state index contributed by atoms with van der Waals surface area (Å²) in [6.45, 7) is 2.04. The first kappa shape index (κ1) is 15.2. The second-order valence-corrected chi connectivity index (χ2v) is 8.95. The average Bonchev–Trinajstić information content (AvgIpc) is 3.26. The van der Waals surface area contributed by atoms with Crippen molar-refractivity contribution in [3.63, 3.8) is 0 Å². The van der Waals surface area contributed by atoms with E-state index in [0.29, 0.717) is 0 Å². The predicted molar refractivity (Wildman–Crippen MR) is 96.4 cm³/mol. The van der Waals surface area contributed by atoms with Crippen LogP contribution in [-0.2, 0) is 0 Å². The second-order valence-electron chi connectivity index (χ2n) is 5.91. The molecule has 1 aromatic carbocycles. The van der Waals surface area contributed by atoms with Crippen LogP contribution >= 0.6 is 0 Å². The summed E-state index contributed by atoms with van der Waals surface area (Å²) in [5.74, 6) is 1.56. The molecule has 0 bridgehead atoms. The van der Waals surface area contributed by atoms with Gasteiger partial charge in [-0.15, -0.1) is 0 Å². The van der Waals surface area contributed by atoms with Gasteiger partial charge in [-0.2, -0.15) is 0 Å². The Morgan fingerprint density at radius 1 is 1.21 bits per heavy atom. The van der Waals surface area contributed by atoms with Crippen LogP contribution in [0.15, 0.2) is 43.0 Å². The number of anilines is 3. The Bertz CT molecular complexity index is 871. The van der Waals surface area contributed by atoms with Gasteiger partial charge in [0.05, 0.1) is 0 Å². The first-order valence-corrected chi connectivity index (χ1v) is 9.91. The molecule has 0 aliphatic heterocycles. The number of rotatable bonds is 5. The van der Waals surface area contributed by atoms with Gasteiger partial charge in [0.2, 0.25) is 0 Å². The predicted octanol–water partition coefficient (Wildman–Crippen LogP) is 2.21. The SMILES string of the molecule is Cc1ccc(N)cc1Nc1nccn1-c1cc([As]C2CC2)ncn1. The quantitative estimate of drug-likeness (QED) is 0.523. The van der Waals surface area contributed by atoms with Crippen LogP contribution in [0.3, 0.4) is 0 Å². The van der Waals surface area contributed by atoms with E-state index in [1.54, 1.807) is 12.5 Å². The molecule has 24 heavy (non-hydrogen) atoms. The van der Waals surface area contributed by atoms with Gasteiger partial charge in [0, 0.05) is 0 Å². The van der Waals surface area contributed by atoms with Gasteiger partial charge >= 0.3 is 147 Å². The summed E-state index contributed by atoms with van der Waals surface area (Å²) < 4.78 is 4.01. The molecule has 3 aromatic rings. The number of aryl methyl sites for hydroxylation is 1. The summed E-state index contributed by atoms with van der Waals surface area (Å²) in [7, 11) is 0. The minimum absolute atomic E-state index is 0.147. The van der Waals surface area contributed by atoms with E-state index in [9.17, 15) is 0 Å². The number of imidazole rings is 1. The number of hydrogen-bond donors (Lipinski definition) is 2. The van der Waals surface area contributed by atoms with Gasteiger partial charge in [-0.25, -0.2) is 0 Å². The summed E-state index contributed by atoms with van der Waals surface area (Å²) in [5.41, 5.74) is 8.67. The molecule has 0 atom stereocenters. The molecule has 0 spiro atoms. The molecule has 4 rings (SSSR count). The van der Waals surface area contributed by atoms with Crippen molar-refractivity contribution >= 4 is 37.6 Å². The zero-order valence-corrected chi connectivity index (χ0v) is 15.2. The Morgan fingerprint density at radius 2 is 2.08 bits per heavy atom. The van der Waals surface area contributed by atoms with Crippen molar-refractivity contribution in [1.29, 1.82) is 0 Å². The maximum absolute atomic E-state index is 5.89. The fourth-order valence-corrected chi connectivity index (χ4v) is 4.69. The van der Waals surface area contributed by atoms with E-state index in [1.807, 2.05) is 35.9 Å². The number of nitrogens with zero attached hydrogens (tertiary/aromatic N) is 4. The van der Waals surface area contributed by atoms with E-state index in [2.05, 4.69) is 26.3 Å². The summed E-state index contributed by atoms with van der Waals surface area (Å²) >= 11 is 0.147. The van der Waals surface area contributed by atoms with Gasteiger partial charge in [-0.3, -0.25) is 0 Å². The molecule has 1 fully saturated rings. The van der Waals surface area contributed by atoms with Crippen LogP contribution in [0.2, 0.25) is 4.71 Å². The Labute approximate surface area is 147 Å². The first-order chi connectivity index (χ1) is 11.7. The van der Waals surface area contributed by atoms with Crippen LogP contribution in [0.25, 0.3) is 5.82 Å². The van der Waals surface area contributed by atoms with E-state index in [1.165, 1.54) is 17.3 Å². The van der Waals surface area contributed by atoms with Crippen molar-refractivity contribution in [1.82, 2.24) is 19.5 Å². The van der Waals surface area contributed by atoms with Gasteiger partial charge in [-0.05, 0) is 0 Å². The number of hydrogen-bond acceptors (Lipinski definition) is 5. The average molecular weight is 381 g/mol. The maximum atomic E-state index is 5.89. The third-order valence-corrected chi connectivity index (χ3v) is 6.81. The Kier molecular flexibility index (Phi) is 3.98. The third kappa shape index (κ3) is 3.29. The van der Waals surface area contributed by atoms with Crippen LogP contribution in [0.1, 0.15) is 18.4 Å². The molecule has 3 N–H and O–H groups in total. The van der Waals surface area contributed by atoms with Gasteiger partial charge < -0.3 is 0 Å². The first-order valence-electron chi connectivity index (χ1n) is 7.89. The number of benzene rings is 1. The van der Waals surface area contributed by atoms with Crippen LogP contribution in [0, 0.1) is 6.92 Å². The fraction of sp³-hybridized carbons (Fsp3) is 0.235. The molecule has 2 aromatic heterocycles. The number of aromatic nitrogens is 4. The number of nitrogen functional groups attached to an aromatic ring is 1. The zero-order chi connectivity index (χ0) is 16.5. The van der Waals surface area contributed by atoms with Crippen molar-refractivity contribution in [3.05, 3.63) is 48.5 Å². The van der Waals surface area contributed by atoms with Crippen molar-refractivity contribution in [3.8, 4) is 5.82 Å².